The number of methoxy groups -OCH3 is 1. The predicted octanol–water partition coefficient (Wildman–Crippen LogP) is 4.90. The maximum atomic E-state index is 13.4. The summed E-state index contributed by atoms with van der Waals surface area (Å²) < 4.78 is 6.67. The van der Waals surface area contributed by atoms with Gasteiger partial charge in [-0.25, -0.2) is 4.98 Å². The normalized spacial score (nSPS) is 12.0. The number of benzene rings is 2. The fraction of sp³-hybridized carbons (Fsp3) is 0.208. The van der Waals surface area contributed by atoms with Gasteiger partial charge < -0.3 is 10.1 Å². The van der Waals surface area contributed by atoms with Gasteiger partial charge in [0.15, 0.2) is 0 Å². The lowest BCUT2D eigenvalue weighted by Crippen LogP contribution is -2.31. The molecule has 0 radical (unpaired) electrons. The Bertz CT molecular complexity index is 1290. The monoisotopic (exact) mass is 433 g/mol. The number of thiophene rings is 1. The lowest BCUT2D eigenvalue weighted by atomic mass is 10.0. The van der Waals surface area contributed by atoms with Crippen molar-refractivity contribution < 1.29 is 9.53 Å². The molecule has 0 saturated carbocycles. The third-order valence-corrected chi connectivity index (χ3v) is 6.24. The minimum atomic E-state index is -0.746. The van der Waals surface area contributed by atoms with Gasteiger partial charge in [0.05, 0.1) is 24.5 Å². The molecule has 0 saturated heterocycles. The molecule has 1 unspecified atom stereocenters. The summed E-state index contributed by atoms with van der Waals surface area (Å²) in [5, 5.41) is 5.32. The van der Waals surface area contributed by atoms with Gasteiger partial charge in [0.25, 0.3) is 5.56 Å². The zero-order valence-electron chi connectivity index (χ0n) is 17.6. The van der Waals surface area contributed by atoms with E-state index in [1.54, 1.807) is 26.2 Å². The number of hydrogen-bond donors (Lipinski definition) is 1. The number of fused-ring (bicyclic) bond motifs is 1. The fourth-order valence-electron chi connectivity index (χ4n) is 3.47. The summed E-state index contributed by atoms with van der Waals surface area (Å²) in [6.07, 6.45) is 2.40. The zero-order valence-corrected chi connectivity index (χ0v) is 18.4. The average molecular weight is 434 g/mol. The number of amides is 1. The second-order valence-corrected chi connectivity index (χ2v) is 8.06. The van der Waals surface area contributed by atoms with E-state index in [2.05, 4.69) is 29.4 Å². The molecule has 0 spiro atoms. The molecule has 1 N–H and O–H groups in total. The average Bonchev–Trinajstić information content (AvgIpc) is 3.24. The number of anilines is 1. The van der Waals surface area contributed by atoms with Crippen LogP contribution in [-0.4, -0.2) is 22.6 Å². The standard InChI is InChI=1S/C24H23N3O3S/c1-4-16-9-11-17(12-10-16)18-13-31-23-21(18)24(29)27(14-25-23)15(2)22(28)26-19-7-5-6-8-20(19)30-3/h5-15H,4H2,1-3H3,(H,26,28). The van der Waals surface area contributed by atoms with Crippen molar-refractivity contribution in [2.45, 2.75) is 26.3 Å². The molecule has 0 aliphatic rings. The second kappa shape index (κ2) is 8.73. The number of nitrogens with zero attached hydrogens (tertiary/aromatic N) is 2. The van der Waals surface area contributed by atoms with E-state index in [0.717, 1.165) is 17.5 Å². The van der Waals surface area contributed by atoms with Crippen molar-refractivity contribution in [3.05, 3.63) is 76.2 Å². The van der Waals surface area contributed by atoms with Crippen LogP contribution in [0.2, 0.25) is 0 Å². The molecule has 1 atom stereocenters. The highest BCUT2D eigenvalue weighted by atomic mass is 32.1. The first-order chi connectivity index (χ1) is 15.0. The fourth-order valence-corrected chi connectivity index (χ4v) is 4.37. The van der Waals surface area contributed by atoms with Gasteiger partial charge in [-0.05, 0) is 36.6 Å². The number of hydrogen-bond acceptors (Lipinski definition) is 5. The van der Waals surface area contributed by atoms with Gasteiger partial charge in [0, 0.05) is 10.9 Å². The summed E-state index contributed by atoms with van der Waals surface area (Å²) in [5.41, 5.74) is 3.36. The smallest absolute Gasteiger partial charge is 0.263 e. The number of carbonyl (C=O) groups is 1. The molecule has 31 heavy (non-hydrogen) atoms. The van der Waals surface area contributed by atoms with Gasteiger partial charge in [0.1, 0.15) is 16.6 Å². The van der Waals surface area contributed by atoms with E-state index >= 15 is 0 Å². The third-order valence-electron chi connectivity index (χ3n) is 5.35. The van der Waals surface area contributed by atoms with E-state index < -0.39 is 6.04 Å². The van der Waals surface area contributed by atoms with Crippen LogP contribution in [0.25, 0.3) is 21.3 Å². The van der Waals surface area contributed by atoms with Crippen molar-refractivity contribution in [1.82, 2.24) is 9.55 Å². The zero-order chi connectivity index (χ0) is 22.0. The quantitative estimate of drug-likeness (QED) is 0.470. The molecule has 1 amide bonds. The minimum Gasteiger partial charge on any atom is -0.495 e. The first-order valence-corrected chi connectivity index (χ1v) is 10.9. The van der Waals surface area contributed by atoms with Crippen molar-refractivity contribution in [2.24, 2.45) is 0 Å². The summed E-state index contributed by atoms with van der Waals surface area (Å²) in [4.78, 5) is 31.3. The summed E-state index contributed by atoms with van der Waals surface area (Å²) in [6, 6.07) is 14.6. The third kappa shape index (κ3) is 3.96. The maximum Gasteiger partial charge on any atom is 0.263 e. The van der Waals surface area contributed by atoms with E-state index in [0.29, 0.717) is 21.7 Å². The van der Waals surface area contributed by atoms with Crippen LogP contribution in [0, 0.1) is 0 Å². The SMILES string of the molecule is CCc1ccc(-c2csc3ncn(C(C)C(=O)Nc4ccccc4OC)c(=O)c23)cc1. The molecular formula is C24H23N3O3S. The Morgan fingerprint density at radius 2 is 1.94 bits per heavy atom. The Balaban J connectivity index is 1.70. The van der Waals surface area contributed by atoms with Crippen LogP contribution in [0.3, 0.4) is 0 Å². The Morgan fingerprint density at radius 1 is 1.19 bits per heavy atom. The number of aromatic nitrogens is 2. The molecule has 2 aromatic heterocycles. The Kier molecular flexibility index (Phi) is 5.86. The van der Waals surface area contributed by atoms with E-state index in [-0.39, 0.29) is 11.5 Å². The van der Waals surface area contributed by atoms with Gasteiger partial charge in [-0.2, -0.15) is 0 Å². The Morgan fingerprint density at radius 3 is 2.65 bits per heavy atom. The van der Waals surface area contributed by atoms with Crippen LogP contribution in [0.15, 0.2) is 65.0 Å². The number of nitrogens with one attached hydrogen (secondary N) is 1. The van der Waals surface area contributed by atoms with Crippen LogP contribution in [0.1, 0.15) is 25.5 Å². The lowest BCUT2D eigenvalue weighted by Gasteiger charge is -2.16. The number of ether oxygens (including phenoxy) is 1. The van der Waals surface area contributed by atoms with E-state index in [4.69, 9.17) is 4.74 Å². The number of aryl methyl sites for hydroxylation is 1. The molecule has 0 aliphatic heterocycles. The Hall–Kier alpha value is -3.45. The predicted molar refractivity (Wildman–Crippen MR) is 125 cm³/mol. The van der Waals surface area contributed by atoms with Crippen molar-refractivity contribution >= 4 is 33.1 Å². The van der Waals surface area contributed by atoms with Gasteiger partial charge in [-0.15, -0.1) is 11.3 Å². The summed E-state index contributed by atoms with van der Waals surface area (Å²) in [5.74, 6) is 0.233. The largest absolute Gasteiger partial charge is 0.495 e. The van der Waals surface area contributed by atoms with E-state index in [1.807, 2.05) is 29.6 Å². The second-order valence-electron chi connectivity index (χ2n) is 7.20. The van der Waals surface area contributed by atoms with Gasteiger partial charge >= 0.3 is 0 Å². The number of rotatable bonds is 6. The van der Waals surface area contributed by atoms with Crippen LogP contribution in [0.5, 0.6) is 5.75 Å². The summed E-state index contributed by atoms with van der Waals surface area (Å²) in [7, 11) is 1.54. The molecule has 158 valence electrons. The van der Waals surface area contributed by atoms with Gasteiger partial charge in [-0.3, -0.25) is 14.2 Å². The van der Waals surface area contributed by atoms with Crippen molar-refractivity contribution in [3.8, 4) is 16.9 Å². The van der Waals surface area contributed by atoms with Gasteiger partial charge in [-0.1, -0.05) is 43.3 Å². The van der Waals surface area contributed by atoms with Crippen molar-refractivity contribution in [2.75, 3.05) is 12.4 Å². The maximum absolute atomic E-state index is 13.4. The highest BCUT2D eigenvalue weighted by Gasteiger charge is 2.21. The van der Waals surface area contributed by atoms with E-state index in [1.165, 1.54) is 27.8 Å². The highest BCUT2D eigenvalue weighted by molar-refractivity contribution is 7.17. The van der Waals surface area contributed by atoms with E-state index in [9.17, 15) is 9.59 Å². The first kappa shape index (κ1) is 20.8. The summed E-state index contributed by atoms with van der Waals surface area (Å²) >= 11 is 1.43. The molecule has 7 heteroatoms. The minimum absolute atomic E-state index is 0.233. The first-order valence-electron chi connectivity index (χ1n) is 10.0. The molecular weight excluding hydrogens is 410 g/mol. The number of para-hydroxylation sites is 2. The van der Waals surface area contributed by atoms with Gasteiger partial charge in [0.2, 0.25) is 5.91 Å². The van der Waals surface area contributed by atoms with Crippen LogP contribution < -0.4 is 15.6 Å². The van der Waals surface area contributed by atoms with Crippen LogP contribution in [0.4, 0.5) is 5.69 Å². The van der Waals surface area contributed by atoms with Crippen molar-refractivity contribution in [3.63, 3.8) is 0 Å². The van der Waals surface area contributed by atoms with Crippen LogP contribution in [-0.2, 0) is 11.2 Å². The topological polar surface area (TPSA) is 73.2 Å². The van der Waals surface area contributed by atoms with Crippen LogP contribution >= 0.6 is 11.3 Å². The highest BCUT2D eigenvalue weighted by Crippen LogP contribution is 2.31. The molecule has 4 aromatic rings. The molecule has 2 aromatic carbocycles. The lowest BCUT2D eigenvalue weighted by molar-refractivity contribution is -0.118. The van der Waals surface area contributed by atoms with Crippen molar-refractivity contribution in [1.29, 1.82) is 0 Å². The summed E-state index contributed by atoms with van der Waals surface area (Å²) in [6.45, 7) is 3.79. The molecule has 2 heterocycles. The molecule has 0 aliphatic carbocycles. The molecule has 0 bridgehead atoms. The Labute approximate surface area is 184 Å². The molecule has 0 fully saturated rings. The number of carbonyl (C=O) groups excluding carboxylic acids is 1. The molecule has 4 rings (SSSR count). The molecule has 6 nitrogen and oxygen atoms in total.